The first-order valence-electron chi connectivity index (χ1n) is 26.3. The zero-order chi connectivity index (χ0) is 53.8. The second-order valence-electron chi connectivity index (χ2n) is 22.4. The number of anilines is 3. The van der Waals surface area contributed by atoms with E-state index in [2.05, 4.69) is 78.6 Å². The molecule has 404 valence electrons. The van der Waals surface area contributed by atoms with Gasteiger partial charge in [0.2, 0.25) is 11.8 Å². The van der Waals surface area contributed by atoms with Gasteiger partial charge in [0.15, 0.2) is 15.7 Å². The molecule has 3 amide bonds. The molecule has 3 aromatic heterocycles. The summed E-state index contributed by atoms with van der Waals surface area (Å²) in [5.41, 5.74) is 4.39. The van der Waals surface area contributed by atoms with Crippen LogP contribution in [0.1, 0.15) is 113 Å². The van der Waals surface area contributed by atoms with Crippen molar-refractivity contribution in [1.29, 1.82) is 0 Å². The number of rotatable bonds is 18. The summed E-state index contributed by atoms with van der Waals surface area (Å²) in [5, 5.41) is 24.1. The van der Waals surface area contributed by atoms with E-state index < -0.39 is 44.0 Å². The third kappa shape index (κ3) is 12.5. The summed E-state index contributed by atoms with van der Waals surface area (Å²) in [6.07, 6.45) is 8.16. The van der Waals surface area contributed by atoms with Crippen LogP contribution in [0.3, 0.4) is 0 Å². The van der Waals surface area contributed by atoms with Gasteiger partial charge in [0.1, 0.15) is 40.3 Å². The van der Waals surface area contributed by atoms with E-state index in [4.69, 9.17) is 4.74 Å². The first-order valence-corrected chi connectivity index (χ1v) is 27.8. The Kier molecular flexibility index (Phi) is 16.8. The number of H-pyrrole nitrogens is 1. The molecule has 6 N–H and O–H groups in total. The molecule has 1 aliphatic carbocycles. The van der Waals surface area contributed by atoms with Gasteiger partial charge < -0.3 is 41.1 Å². The highest BCUT2D eigenvalue weighted by atomic mass is 32.2. The van der Waals surface area contributed by atoms with Crippen LogP contribution in [0, 0.1) is 19.3 Å². The molecule has 5 heterocycles. The Morgan fingerprint density at radius 3 is 2.37 bits per heavy atom. The maximum atomic E-state index is 14.6. The normalized spacial score (nSPS) is 19.4. The molecule has 2 aromatic carbocycles. The number of likely N-dealkylation sites (tertiary alicyclic amines) is 1. The Morgan fingerprint density at radius 2 is 1.69 bits per heavy atom. The summed E-state index contributed by atoms with van der Waals surface area (Å²) in [6, 6.07) is 9.58. The predicted octanol–water partition coefficient (Wildman–Crippen LogP) is 5.17. The van der Waals surface area contributed by atoms with Crippen LogP contribution in [0.4, 0.5) is 17.5 Å². The zero-order valence-corrected chi connectivity index (χ0v) is 46.0. The number of carbonyl (C=O) groups excluding carboxylic acids is 3. The summed E-state index contributed by atoms with van der Waals surface area (Å²) >= 11 is 0. The minimum atomic E-state index is -3.84. The van der Waals surface area contributed by atoms with Gasteiger partial charge in [-0.15, -0.1) is 0 Å². The van der Waals surface area contributed by atoms with E-state index in [0.29, 0.717) is 61.0 Å². The third-order valence-electron chi connectivity index (χ3n) is 14.9. The van der Waals surface area contributed by atoms with Crippen LogP contribution in [-0.2, 0) is 25.8 Å². The molecule has 8 rings (SSSR count). The lowest BCUT2D eigenvalue weighted by molar-refractivity contribution is -0.142. The highest BCUT2D eigenvalue weighted by Crippen LogP contribution is 2.38. The van der Waals surface area contributed by atoms with Crippen molar-refractivity contribution in [1.82, 2.24) is 61.2 Å². The van der Waals surface area contributed by atoms with E-state index in [9.17, 15) is 22.8 Å². The van der Waals surface area contributed by atoms with Crippen LogP contribution >= 0.6 is 0 Å². The molecule has 5 atom stereocenters. The summed E-state index contributed by atoms with van der Waals surface area (Å²) < 4.78 is 33.2. The maximum Gasteiger partial charge on any atom is 0.271 e. The van der Waals surface area contributed by atoms with Crippen molar-refractivity contribution < 1.29 is 27.5 Å². The maximum absolute atomic E-state index is 14.6. The van der Waals surface area contributed by atoms with Gasteiger partial charge in [-0.1, -0.05) is 45.0 Å². The standard InChI is InChI=1S/C54H76N14O6S/c1-33(55-10)28-58-47(53(4,5)6)52(71)68-31-37(25-43(68)51(70)62-40-18-13-16-36-15-11-12-17-38(36)40)61-50(69)42-29-57-46(30-56-42)67-22-20-66(21-23-67)19-14-24-74-44-27-41-39(26-45(44)75(72,73)54(7,8)9)49(60-32-59-41)63-48-34(2)35(3)64-65-48/h11-12,15,17,26-27,29-30,32-33,37,40,43,47,55,58H,13-14,16,18-25,28,31H2,1-10H3,(H,61,69)(H,62,70)(H2,59,60,63,64,65)/t33-,37-,40+,43-,47+/m0/s1. The molecule has 0 unspecified atom stereocenters. The Labute approximate surface area is 441 Å². The van der Waals surface area contributed by atoms with Gasteiger partial charge in [0.05, 0.1) is 41.3 Å². The molecule has 2 fully saturated rings. The summed E-state index contributed by atoms with van der Waals surface area (Å²) in [6.45, 7) is 21.6. The largest absolute Gasteiger partial charge is 0.492 e. The molecule has 0 radical (unpaired) electrons. The average molecular weight is 1050 g/mol. The van der Waals surface area contributed by atoms with Gasteiger partial charge >= 0.3 is 0 Å². The minimum absolute atomic E-state index is 0.0773. The number of aromatic nitrogens is 6. The van der Waals surface area contributed by atoms with Crippen LogP contribution in [0.15, 0.2) is 60.0 Å². The number of carbonyl (C=O) groups is 3. The Hall–Kier alpha value is -6.29. The molecular weight excluding hydrogens is 973 g/mol. The van der Waals surface area contributed by atoms with Crippen molar-refractivity contribution in [2.24, 2.45) is 5.41 Å². The molecule has 75 heavy (non-hydrogen) atoms. The summed E-state index contributed by atoms with van der Waals surface area (Å²) in [4.78, 5) is 66.9. The molecule has 2 saturated heterocycles. The Balaban J connectivity index is 0.865. The van der Waals surface area contributed by atoms with Gasteiger partial charge in [-0.2, -0.15) is 5.10 Å². The minimum Gasteiger partial charge on any atom is -0.492 e. The van der Waals surface area contributed by atoms with Crippen LogP contribution < -0.4 is 36.2 Å². The van der Waals surface area contributed by atoms with E-state index in [0.717, 1.165) is 55.7 Å². The van der Waals surface area contributed by atoms with E-state index >= 15 is 0 Å². The first-order chi connectivity index (χ1) is 35.6. The highest BCUT2D eigenvalue weighted by Gasteiger charge is 2.45. The Bertz CT molecular complexity index is 2950. The SMILES string of the molecule is CN[C@@H](C)CN[C@H](C(=O)N1C[C@@H](NC(=O)c2cnc(N3CCN(CCCOc4cc5ncnc(Nc6n[nH]c(C)c6C)c5cc4S(=O)(=O)C(C)(C)C)CC3)cn2)C[C@H]1C(=O)N[C@@H]1CCCc2ccccc21)C(C)(C)C. The smallest absolute Gasteiger partial charge is 0.271 e. The molecule has 5 aromatic rings. The number of fused-ring (bicyclic) bond motifs is 2. The van der Waals surface area contributed by atoms with Crippen molar-refractivity contribution in [3.8, 4) is 5.75 Å². The molecular formula is C54H76N14O6S. The predicted molar refractivity (Wildman–Crippen MR) is 290 cm³/mol. The number of hydrogen-bond acceptors (Lipinski definition) is 16. The van der Waals surface area contributed by atoms with E-state index in [1.807, 2.05) is 60.7 Å². The van der Waals surface area contributed by atoms with E-state index in [1.165, 1.54) is 18.1 Å². The molecule has 21 heteroatoms. The Morgan fingerprint density at radius 1 is 0.933 bits per heavy atom. The van der Waals surface area contributed by atoms with Crippen molar-refractivity contribution in [3.63, 3.8) is 0 Å². The fourth-order valence-electron chi connectivity index (χ4n) is 10.00. The van der Waals surface area contributed by atoms with Gasteiger partial charge in [-0.05, 0) is 103 Å². The number of nitrogens with one attached hydrogen (secondary N) is 6. The number of likely N-dealkylation sites (N-methyl/N-ethyl adjacent to an activating group) is 1. The zero-order valence-electron chi connectivity index (χ0n) is 45.2. The second-order valence-corrected chi connectivity index (χ2v) is 25.0. The van der Waals surface area contributed by atoms with Crippen molar-refractivity contribution in [2.75, 3.05) is 69.7 Å². The molecule has 20 nitrogen and oxygen atoms in total. The highest BCUT2D eigenvalue weighted by molar-refractivity contribution is 7.92. The van der Waals surface area contributed by atoms with Crippen molar-refractivity contribution in [2.45, 2.75) is 134 Å². The van der Waals surface area contributed by atoms with Crippen LogP contribution in [0.25, 0.3) is 10.9 Å². The van der Waals surface area contributed by atoms with E-state index in [1.54, 1.807) is 44.0 Å². The number of ether oxygens (including phenoxy) is 1. The molecule has 3 aliphatic rings. The number of hydrogen-bond donors (Lipinski definition) is 6. The van der Waals surface area contributed by atoms with Gasteiger partial charge in [-0.25, -0.2) is 28.4 Å². The van der Waals surface area contributed by atoms with Crippen LogP contribution in [0.2, 0.25) is 0 Å². The average Bonchev–Trinajstić information content (AvgIpc) is 3.96. The number of amides is 3. The number of aromatic amines is 1. The second kappa shape index (κ2) is 22.9. The third-order valence-corrected chi connectivity index (χ3v) is 17.4. The molecule has 0 spiro atoms. The summed E-state index contributed by atoms with van der Waals surface area (Å²) in [7, 11) is -1.96. The number of nitrogens with zero attached hydrogens (tertiary/aromatic N) is 8. The first kappa shape index (κ1) is 55.0. The van der Waals surface area contributed by atoms with Gasteiger partial charge in [0, 0.05) is 80.6 Å². The number of benzene rings is 2. The lowest BCUT2D eigenvalue weighted by Gasteiger charge is -2.36. The van der Waals surface area contributed by atoms with Crippen molar-refractivity contribution in [3.05, 3.63) is 83.2 Å². The fourth-order valence-corrected chi connectivity index (χ4v) is 11.3. The summed E-state index contributed by atoms with van der Waals surface area (Å²) in [5.74, 6) is 1.10. The monoisotopic (exact) mass is 1050 g/mol. The quantitative estimate of drug-likeness (QED) is 0.0620. The lowest BCUT2D eigenvalue weighted by Crippen LogP contribution is -2.58. The van der Waals surface area contributed by atoms with E-state index in [-0.39, 0.29) is 53.2 Å². The number of sulfone groups is 1. The van der Waals surface area contributed by atoms with Crippen molar-refractivity contribution >= 4 is 55.9 Å². The molecule has 0 bridgehead atoms. The lowest BCUT2D eigenvalue weighted by atomic mass is 9.85. The van der Waals surface area contributed by atoms with Crippen LogP contribution in [-0.4, -0.2) is 154 Å². The topological polar surface area (TPSA) is 245 Å². The molecule has 0 saturated carbocycles. The van der Waals surface area contributed by atoms with Gasteiger partial charge in [-0.3, -0.25) is 24.4 Å². The van der Waals surface area contributed by atoms with Crippen LogP contribution in [0.5, 0.6) is 5.75 Å². The number of aryl methyl sites for hydroxylation is 2. The fraction of sp³-hybridized carbons (Fsp3) is 0.556. The van der Waals surface area contributed by atoms with Gasteiger partial charge in [0.25, 0.3) is 5.91 Å². The molecule has 2 aliphatic heterocycles. The number of piperazine rings is 1.